The Morgan fingerprint density at radius 3 is 2.71 bits per heavy atom. The van der Waals surface area contributed by atoms with E-state index in [1.165, 1.54) is 0 Å². The van der Waals surface area contributed by atoms with Crippen LogP contribution in [0, 0.1) is 0 Å². The van der Waals surface area contributed by atoms with Crippen LogP contribution in [0.15, 0.2) is 54.6 Å². The van der Waals surface area contributed by atoms with Crippen molar-refractivity contribution < 1.29 is 9.59 Å². The van der Waals surface area contributed by atoms with Crippen LogP contribution >= 0.6 is 0 Å². The smallest absolute Gasteiger partial charge is 0.321 e. The monoisotopic (exact) mass is 324 g/mol. The first-order chi connectivity index (χ1) is 11.6. The number of amides is 4. The Morgan fingerprint density at radius 1 is 1.21 bits per heavy atom. The fraction of sp³-hybridized carbons (Fsp3) is 0.222. The molecule has 0 radical (unpaired) electrons. The molecular weight excluding hydrogens is 304 g/mol. The first kappa shape index (κ1) is 15.9. The van der Waals surface area contributed by atoms with Crippen molar-refractivity contribution in [1.29, 1.82) is 0 Å². The van der Waals surface area contributed by atoms with Gasteiger partial charge in [-0.05, 0) is 23.8 Å². The Balaban J connectivity index is 1.65. The van der Waals surface area contributed by atoms with Crippen molar-refractivity contribution in [3.05, 3.63) is 60.2 Å². The van der Waals surface area contributed by atoms with E-state index in [1.807, 2.05) is 48.5 Å². The lowest BCUT2D eigenvalue weighted by Gasteiger charge is -2.19. The van der Waals surface area contributed by atoms with Crippen molar-refractivity contribution in [3.63, 3.8) is 0 Å². The maximum Gasteiger partial charge on any atom is 0.321 e. The highest BCUT2D eigenvalue weighted by molar-refractivity contribution is 5.95. The molecule has 6 heteroatoms. The molecule has 0 unspecified atom stereocenters. The molecule has 2 N–H and O–H groups in total. The molecule has 1 aliphatic rings. The zero-order chi connectivity index (χ0) is 16.9. The van der Waals surface area contributed by atoms with Crippen molar-refractivity contribution in [1.82, 2.24) is 10.2 Å². The highest BCUT2D eigenvalue weighted by Gasteiger charge is 2.21. The van der Waals surface area contributed by atoms with Crippen LogP contribution in [0.25, 0.3) is 0 Å². The van der Waals surface area contributed by atoms with E-state index in [-0.39, 0.29) is 12.1 Å². The van der Waals surface area contributed by atoms with Gasteiger partial charge < -0.3 is 15.5 Å². The van der Waals surface area contributed by atoms with Crippen molar-refractivity contribution in [2.45, 2.75) is 6.54 Å². The molecule has 1 heterocycles. The highest BCUT2D eigenvalue weighted by atomic mass is 16.2. The number of rotatable bonds is 4. The molecule has 4 amide bonds. The lowest BCUT2D eigenvalue weighted by atomic mass is 10.2. The molecule has 2 aromatic rings. The Kier molecular flexibility index (Phi) is 4.65. The van der Waals surface area contributed by atoms with Crippen molar-refractivity contribution in [3.8, 4) is 0 Å². The topological polar surface area (TPSA) is 64.7 Å². The van der Waals surface area contributed by atoms with Crippen LogP contribution in [-0.4, -0.2) is 37.1 Å². The fourth-order valence-corrected chi connectivity index (χ4v) is 2.62. The first-order valence-corrected chi connectivity index (χ1v) is 7.85. The standard InChI is InChI=1S/C18H20N4O2/c1-21(13-14-6-3-2-4-7-14)18(24)20-15-8-5-9-16(12-15)22-11-10-19-17(22)23/h2-9,12H,10-11,13H2,1H3,(H,19,23)(H,20,24). The van der Waals surface area contributed by atoms with E-state index < -0.39 is 0 Å². The van der Waals surface area contributed by atoms with Gasteiger partial charge in [0.25, 0.3) is 0 Å². The summed E-state index contributed by atoms with van der Waals surface area (Å²) in [5.41, 5.74) is 2.50. The normalized spacial score (nSPS) is 13.5. The Labute approximate surface area is 141 Å². The van der Waals surface area contributed by atoms with E-state index in [0.29, 0.717) is 25.3 Å². The van der Waals surface area contributed by atoms with Gasteiger partial charge in [-0.3, -0.25) is 4.90 Å². The fourth-order valence-electron chi connectivity index (χ4n) is 2.62. The number of carbonyl (C=O) groups is 2. The second kappa shape index (κ2) is 7.04. The summed E-state index contributed by atoms with van der Waals surface area (Å²) in [7, 11) is 1.75. The van der Waals surface area contributed by atoms with E-state index in [9.17, 15) is 9.59 Å². The van der Waals surface area contributed by atoms with Gasteiger partial charge in [0.2, 0.25) is 0 Å². The van der Waals surface area contributed by atoms with Crippen LogP contribution in [-0.2, 0) is 6.54 Å². The molecule has 0 atom stereocenters. The van der Waals surface area contributed by atoms with Gasteiger partial charge in [0.15, 0.2) is 0 Å². The summed E-state index contributed by atoms with van der Waals surface area (Å²) in [4.78, 5) is 27.3. The number of urea groups is 2. The predicted molar refractivity (Wildman–Crippen MR) is 94.1 cm³/mol. The number of nitrogens with zero attached hydrogens (tertiary/aromatic N) is 2. The molecule has 24 heavy (non-hydrogen) atoms. The Morgan fingerprint density at radius 2 is 2.00 bits per heavy atom. The largest absolute Gasteiger partial charge is 0.336 e. The van der Waals surface area contributed by atoms with Crippen LogP contribution in [0.4, 0.5) is 21.0 Å². The van der Waals surface area contributed by atoms with E-state index in [2.05, 4.69) is 10.6 Å². The summed E-state index contributed by atoms with van der Waals surface area (Å²) in [6.07, 6.45) is 0. The molecule has 0 aromatic heterocycles. The molecule has 1 saturated heterocycles. The minimum absolute atomic E-state index is 0.111. The quantitative estimate of drug-likeness (QED) is 0.908. The third-order valence-corrected chi connectivity index (χ3v) is 3.88. The number of carbonyl (C=O) groups excluding carboxylic acids is 2. The molecule has 0 spiro atoms. The van der Waals surface area contributed by atoms with Crippen molar-refractivity contribution in [2.24, 2.45) is 0 Å². The zero-order valence-electron chi connectivity index (χ0n) is 13.5. The van der Waals surface area contributed by atoms with E-state index >= 15 is 0 Å². The number of hydrogen-bond donors (Lipinski definition) is 2. The Hall–Kier alpha value is -3.02. The van der Waals surface area contributed by atoms with Gasteiger partial charge >= 0.3 is 12.1 Å². The third kappa shape index (κ3) is 3.65. The van der Waals surface area contributed by atoms with E-state index in [1.54, 1.807) is 22.9 Å². The van der Waals surface area contributed by atoms with Gasteiger partial charge in [0.05, 0.1) is 0 Å². The molecule has 0 bridgehead atoms. The van der Waals surface area contributed by atoms with E-state index in [4.69, 9.17) is 0 Å². The first-order valence-electron chi connectivity index (χ1n) is 7.85. The molecular formula is C18H20N4O2. The predicted octanol–water partition coefficient (Wildman–Crippen LogP) is 2.88. The molecule has 1 aliphatic heterocycles. The summed E-state index contributed by atoms with van der Waals surface area (Å²) in [5, 5.41) is 5.63. The maximum atomic E-state index is 12.3. The van der Waals surface area contributed by atoms with Crippen LogP contribution in [0.2, 0.25) is 0 Å². The van der Waals surface area contributed by atoms with Crippen LogP contribution in [0.5, 0.6) is 0 Å². The molecule has 3 rings (SSSR count). The number of benzene rings is 2. The van der Waals surface area contributed by atoms with Gasteiger partial charge in [-0.15, -0.1) is 0 Å². The van der Waals surface area contributed by atoms with Crippen LogP contribution in [0.3, 0.4) is 0 Å². The lowest BCUT2D eigenvalue weighted by Crippen LogP contribution is -2.31. The van der Waals surface area contributed by atoms with Gasteiger partial charge in [0.1, 0.15) is 0 Å². The summed E-state index contributed by atoms with van der Waals surface area (Å²) in [5.74, 6) is 0. The maximum absolute atomic E-state index is 12.3. The SMILES string of the molecule is CN(Cc1ccccc1)C(=O)Nc1cccc(N2CCNC2=O)c1. The number of nitrogens with one attached hydrogen (secondary N) is 2. The molecule has 6 nitrogen and oxygen atoms in total. The van der Waals surface area contributed by atoms with Crippen LogP contribution < -0.4 is 15.5 Å². The average Bonchev–Trinajstić information content (AvgIpc) is 3.02. The molecule has 0 aliphatic carbocycles. The number of hydrogen-bond acceptors (Lipinski definition) is 2. The lowest BCUT2D eigenvalue weighted by molar-refractivity contribution is 0.220. The van der Waals surface area contributed by atoms with Gasteiger partial charge in [0, 0.05) is 38.1 Å². The summed E-state index contributed by atoms with van der Waals surface area (Å²) in [6.45, 7) is 1.79. The van der Waals surface area contributed by atoms with Gasteiger partial charge in [-0.2, -0.15) is 0 Å². The summed E-state index contributed by atoms with van der Waals surface area (Å²) < 4.78 is 0. The average molecular weight is 324 g/mol. The molecule has 0 saturated carbocycles. The molecule has 2 aromatic carbocycles. The molecule has 124 valence electrons. The second-order valence-electron chi connectivity index (χ2n) is 5.71. The summed E-state index contributed by atoms with van der Waals surface area (Å²) in [6, 6.07) is 16.8. The number of anilines is 2. The Bertz CT molecular complexity index is 733. The third-order valence-electron chi connectivity index (χ3n) is 3.88. The summed E-state index contributed by atoms with van der Waals surface area (Å²) >= 11 is 0. The minimum atomic E-state index is -0.193. The minimum Gasteiger partial charge on any atom is -0.336 e. The van der Waals surface area contributed by atoms with E-state index in [0.717, 1.165) is 11.3 Å². The van der Waals surface area contributed by atoms with Gasteiger partial charge in [-0.1, -0.05) is 36.4 Å². The van der Waals surface area contributed by atoms with Crippen LogP contribution in [0.1, 0.15) is 5.56 Å². The van der Waals surface area contributed by atoms with Crippen molar-refractivity contribution in [2.75, 3.05) is 30.4 Å². The highest BCUT2D eigenvalue weighted by Crippen LogP contribution is 2.21. The molecule has 1 fully saturated rings. The zero-order valence-corrected chi connectivity index (χ0v) is 13.5. The second-order valence-corrected chi connectivity index (χ2v) is 5.71. The van der Waals surface area contributed by atoms with Gasteiger partial charge in [-0.25, -0.2) is 9.59 Å². The van der Waals surface area contributed by atoms with Crippen molar-refractivity contribution >= 4 is 23.4 Å².